The minimum atomic E-state index is -4.82. The normalized spacial score (nSPS) is 24.3. The highest BCUT2D eigenvalue weighted by atomic mass is 32.2. The van der Waals surface area contributed by atoms with Gasteiger partial charge in [0.1, 0.15) is 5.75 Å². The molecule has 6 nitrogen and oxygen atoms in total. The van der Waals surface area contributed by atoms with E-state index in [0.717, 1.165) is 23.3 Å². The van der Waals surface area contributed by atoms with Crippen molar-refractivity contribution in [2.24, 2.45) is 5.92 Å². The van der Waals surface area contributed by atoms with Crippen molar-refractivity contribution in [3.63, 3.8) is 0 Å². The summed E-state index contributed by atoms with van der Waals surface area (Å²) >= 11 is 0. The first-order chi connectivity index (χ1) is 14.0. The molecule has 10 heteroatoms. The molecule has 1 heterocycles. The summed E-state index contributed by atoms with van der Waals surface area (Å²) in [6, 6.07) is 10.1. The maximum atomic E-state index is 13.3. The molecule has 0 aromatic heterocycles. The topological polar surface area (TPSA) is 75.7 Å². The van der Waals surface area contributed by atoms with Crippen LogP contribution in [0.25, 0.3) is 0 Å². The second kappa shape index (κ2) is 6.63. The predicted octanol–water partition coefficient (Wildman–Crippen LogP) is 3.75. The van der Waals surface area contributed by atoms with E-state index in [0.29, 0.717) is 5.69 Å². The maximum absolute atomic E-state index is 13.3. The Hall–Kier alpha value is -2.75. The molecule has 0 radical (unpaired) electrons. The number of fused-ring (bicyclic) bond motifs is 1. The number of para-hydroxylation sites is 1. The SMILES string of the molecule is Cc1cccc(C)c1N1C[C@@H]2C[C@]2(C(=O)Nc2ccc(OC(F)(F)F)cc2)S1(=O)=O. The van der Waals surface area contributed by atoms with Crippen LogP contribution in [-0.4, -0.2) is 32.0 Å². The van der Waals surface area contributed by atoms with Crippen molar-refractivity contribution in [2.45, 2.75) is 31.4 Å². The molecule has 30 heavy (non-hydrogen) atoms. The molecule has 1 aliphatic heterocycles. The van der Waals surface area contributed by atoms with Crippen molar-refractivity contribution in [3.05, 3.63) is 53.6 Å². The zero-order valence-corrected chi connectivity index (χ0v) is 17.0. The Labute approximate surface area is 171 Å². The fraction of sp³-hybridized carbons (Fsp3) is 0.350. The molecule has 4 rings (SSSR count). The minimum absolute atomic E-state index is 0.190. The van der Waals surface area contributed by atoms with E-state index >= 15 is 0 Å². The highest BCUT2D eigenvalue weighted by Crippen LogP contribution is 2.59. The van der Waals surface area contributed by atoms with Crippen LogP contribution >= 0.6 is 0 Å². The number of alkyl halides is 3. The Morgan fingerprint density at radius 3 is 2.30 bits per heavy atom. The molecule has 0 unspecified atom stereocenters. The summed E-state index contributed by atoms with van der Waals surface area (Å²) in [5, 5.41) is 2.53. The summed E-state index contributed by atoms with van der Waals surface area (Å²) in [5.41, 5.74) is 2.38. The number of carbonyl (C=O) groups is 1. The Bertz CT molecular complexity index is 1100. The number of nitrogens with one attached hydrogen (secondary N) is 1. The van der Waals surface area contributed by atoms with Gasteiger partial charge in [-0.25, -0.2) is 8.42 Å². The molecule has 1 saturated heterocycles. The molecule has 1 saturated carbocycles. The third kappa shape index (κ3) is 3.19. The Kier molecular flexibility index (Phi) is 4.53. The number of sulfonamides is 1. The first-order valence-corrected chi connectivity index (χ1v) is 10.7. The molecule has 2 aromatic carbocycles. The summed E-state index contributed by atoms with van der Waals surface area (Å²) in [5.74, 6) is -1.45. The van der Waals surface area contributed by atoms with Gasteiger partial charge < -0.3 is 10.1 Å². The number of benzene rings is 2. The van der Waals surface area contributed by atoms with Crippen LogP contribution < -0.4 is 14.4 Å². The van der Waals surface area contributed by atoms with Crippen molar-refractivity contribution in [1.82, 2.24) is 0 Å². The van der Waals surface area contributed by atoms with E-state index in [4.69, 9.17) is 0 Å². The number of anilines is 2. The molecular formula is C20H19F3N2O4S. The predicted molar refractivity (Wildman–Crippen MR) is 105 cm³/mol. The van der Waals surface area contributed by atoms with E-state index in [-0.39, 0.29) is 24.6 Å². The van der Waals surface area contributed by atoms with E-state index in [1.165, 1.54) is 16.4 Å². The van der Waals surface area contributed by atoms with Crippen LogP contribution in [0.5, 0.6) is 5.75 Å². The first kappa shape index (κ1) is 20.5. The average molecular weight is 440 g/mol. The highest BCUT2D eigenvalue weighted by Gasteiger charge is 2.75. The van der Waals surface area contributed by atoms with Gasteiger partial charge >= 0.3 is 6.36 Å². The lowest BCUT2D eigenvalue weighted by Crippen LogP contribution is -2.42. The van der Waals surface area contributed by atoms with E-state index in [1.54, 1.807) is 0 Å². The van der Waals surface area contributed by atoms with E-state index in [1.807, 2.05) is 32.0 Å². The van der Waals surface area contributed by atoms with Crippen LogP contribution in [0.1, 0.15) is 17.5 Å². The van der Waals surface area contributed by atoms with E-state index in [2.05, 4.69) is 10.1 Å². The van der Waals surface area contributed by atoms with Crippen molar-refractivity contribution >= 4 is 27.3 Å². The number of amides is 1. The van der Waals surface area contributed by atoms with Crippen LogP contribution in [0.2, 0.25) is 0 Å². The van der Waals surface area contributed by atoms with Crippen molar-refractivity contribution in [1.29, 1.82) is 0 Å². The van der Waals surface area contributed by atoms with Gasteiger partial charge in [-0.15, -0.1) is 13.2 Å². The number of halogens is 3. The lowest BCUT2D eigenvalue weighted by molar-refractivity contribution is -0.274. The molecule has 160 valence electrons. The smallest absolute Gasteiger partial charge is 0.406 e. The molecule has 0 bridgehead atoms. The molecule has 2 fully saturated rings. The molecule has 2 aromatic rings. The Morgan fingerprint density at radius 2 is 1.73 bits per heavy atom. The summed E-state index contributed by atoms with van der Waals surface area (Å²) < 4.78 is 67.0. The lowest BCUT2D eigenvalue weighted by Gasteiger charge is -2.26. The van der Waals surface area contributed by atoms with Crippen molar-refractivity contribution in [2.75, 3.05) is 16.2 Å². The number of nitrogens with zero attached hydrogens (tertiary/aromatic N) is 1. The number of hydrogen-bond donors (Lipinski definition) is 1. The second-order valence-electron chi connectivity index (χ2n) is 7.59. The maximum Gasteiger partial charge on any atom is 0.573 e. The fourth-order valence-corrected chi connectivity index (χ4v) is 6.60. The van der Waals surface area contributed by atoms with Gasteiger partial charge in [0.2, 0.25) is 15.9 Å². The Morgan fingerprint density at radius 1 is 1.13 bits per heavy atom. The molecule has 1 aliphatic carbocycles. The number of ether oxygens (including phenoxy) is 1. The lowest BCUT2D eigenvalue weighted by atomic mass is 10.1. The van der Waals surface area contributed by atoms with E-state index < -0.39 is 32.8 Å². The van der Waals surface area contributed by atoms with Gasteiger partial charge in [-0.3, -0.25) is 9.10 Å². The average Bonchev–Trinajstić information content (AvgIpc) is 3.32. The number of aryl methyl sites for hydroxylation is 2. The van der Waals surface area contributed by atoms with Gasteiger partial charge in [0.15, 0.2) is 4.75 Å². The minimum Gasteiger partial charge on any atom is -0.406 e. The highest BCUT2D eigenvalue weighted by molar-refractivity contribution is 7.95. The van der Waals surface area contributed by atoms with Crippen LogP contribution in [-0.2, 0) is 14.8 Å². The van der Waals surface area contributed by atoms with Gasteiger partial charge in [-0.1, -0.05) is 18.2 Å². The van der Waals surface area contributed by atoms with E-state index in [9.17, 15) is 26.4 Å². The van der Waals surface area contributed by atoms with Gasteiger partial charge in [-0.05, 0) is 55.7 Å². The standard InChI is InChI=1S/C20H19F3N2O4S/c1-12-4-3-5-13(2)17(12)25-11-14-10-19(14,30(25,27)28)18(26)24-15-6-8-16(9-7-15)29-20(21,22)23/h3-9,14H,10-11H2,1-2H3,(H,24,26)/t14-,19-/m0/s1. The van der Waals surface area contributed by atoms with Crippen LogP contribution in [0.15, 0.2) is 42.5 Å². The zero-order chi connectivity index (χ0) is 21.9. The number of hydrogen-bond acceptors (Lipinski definition) is 4. The molecule has 1 N–H and O–H groups in total. The second-order valence-corrected chi connectivity index (χ2v) is 9.71. The third-order valence-electron chi connectivity index (χ3n) is 5.60. The van der Waals surface area contributed by atoms with Crippen molar-refractivity contribution in [3.8, 4) is 5.75 Å². The number of carbonyl (C=O) groups excluding carboxylic acids is 1. The molecule has 0 spiro atoms. The summed E-state index contributed by atoms with van der Waals surface area (Å²) in [6.07, 6.45) is -4.60. The third-order valence-corrected chi connectivity index (χ3v) is 8.12. The summed E-state index contributed by atoms with van der Waals surface area (Å²) in [4.78, 5) is 12.9. The summed E-state index contributed by atoms with van der Waals surface area (Å²) in [7, 11) is -3.96. The molecule has 2 aliphatic rings. The quantitative estimate of drug-likeness (QED) is 0.786. The van der Waals surface area contributed by atoms with Gasteiger partial charge in [-0.2, -0.15) is 0 Å². The summed E-state index contributed by atoms with van der Waals surface area (Å²) in [6.45, 7) is 3.86. The van der Waals surface area contributed by atoms with Crippen LogP contribution in [0.3, 0.4) is 0 Å². The fourth-order valence-electron chi connectivity index (χ4n) is 4.11. The van der Waals surface area contributed by atoms with Crippen molar-refractivity contribution < 1.29 is 31.1 Å². The molecular weight excluding hydrogens is 421 g/mol. The monoisotopic (exact) mass is 440 g/mol. The first-order valence-electron chi connectivity index (χ1n) is 9.21. The molecule has 1 amide bonds. The largest absolute Gasteiger partial charge is 0.573 e. The van der Waals surface area contributed by atoms with Crippen LogP contribution in [0, 0.1) is 19.8 Å². The van der Waals surface area contributed by atoms with Gasteiger partial charge in [0.25, 0.3) is 0 Å². The molecule has 2 atom stereocenters. The zero-order valence-electron chi connectivity index (χ0n) is 16.2. The van der Waals surface area contributed by atoms with Gasteiger partial charge in [0, 0.05) is 18.2 Å². The van der Waals surface area contributed by atoms with Gasteiger partial charge in [0.05, 0.1) is 5.69 Å². The van der Waals surface area contributed by atoms with Crippen LogP contribution in [0.4, 0.5) is 24.5 Å². The number of rotatable bonds is 4. The Balaban J connectivity index is 1.56.